The lowest BCUT2D eigenvalue weighted by Crippen LogP contribution is -2.04. The molecule has 0 radical (unpaired) electrons. The van der Waals surface area contributed by atoms with Crippen LogP contribution in [0.3, 0.4) is 0 Å². The first-order valence-electron chi connectivity index (χ1n) is 5.49. The van der Waals surface area contributed by atoms with Crippen molar-refractivity contribution in [3.63, 3.8) is 0 Å². The average molecular weight is 231 g/mol. The molecule has 3 N–H and O–H groups in total. The van der Waals surface area contributed by atoms with E-state index in [1.807, 2.05) is 0 Å². The Morgan fingerprint density at radius 2 is 1.82 bits per heavy atom. The summed E-state index contributed by atoms with van der Waals surface area (Å²) in [6.45, 7) is 0.463. The van der Waals surface area contributed by atoms with Crippen molar-refractivity contribution in [2.24, 2.45) is 5.73 Å². The van der Waals surface area contributed by atoms with Crippen LogP contribution in [0.5, 0.6) is 5.75 Å². The molecule has 88 valence electrons. The first kappa shape index (κ1) is 11.6. The van der Waals surface area contributed by atoms with Crippen molar-refractivity contribution < 1.29 is 9.50 Å². The van der Waals surface area contributed by atoms with E-state index in [0.717, 1.165) is 11.1 Å². The fraction of sp³-hybridized carbons (Fsp3) is 0.143. The summed E-state index contributed by atoms with van der Waals surface area (Å²) < 4.78 is 13.7. The van der Waals surface area contributed by atoms with Crippen molar-refractivity contribution in [1.29, 1.82) is 0 Å². The molecule has 0 aliphatic rings. The molecule has 0 aliphatic carbocycles. The highest BCUT2D eigenvalue weighted by Crippen LogP contribution is 2.29. The molecule has 0 heterocycles. The molecule has 0 aromatic heterocycles. The van der Waals surface area contributed by atoms with Crippen LogP contribution in [-0.4, -0.2) is 11.7 Å². The van der Waals surface area contributed by atoms with Crippen molar-refractivity contribution in [3.05, 3.63) is 53.8 Å². The van der Waals surface area contributed by atoms with Gasteiger partial charge < -0.3 is 10.8 Å². The number of hydrogen-bond donors (Lipinski definition) is 2. The Hall–Kier alpha value is -1.87. The van der Waals surface area contributed by atoms with Crippen LogP contribution in [0.15, 0.2) is 42.5 Å². The van der Waals surface area contributed by atoms with E-state index in [2.05, 4.69) is 0 Å². The lowest BCUT2D eigenvalue weighted by atomic mass is 9.97. The van der Waals surface area contributed by atoms with E-state index in [0.29, 0.717) is 18.5 Å². The van der Waals surface area contributed by atoms with Crippen molar-refractivity contribution >= 4 is 0 Å². The lowest BCUT2D eigenvalue weighted by molar-refractivity contribution is 0.474. The van der Waals surface area contributed by atoms with Crippen LogP contribution in [0.1, 0.15) is 5.56 Å². The summed E-state index contributed by atoms with van der Waals surface area (Å²) in [7, 11) is 0. The Kier molecular flexibility index (Phi) is 3.40. The maximum Gasteiger partial charge on any atom is 0.131 e. The fourth-order valence-electron chi connectivity index (χ4n) is 1.88. The van der Waals surface area contributed by atoms with Crippen LogP contribution < -0.4 is 5.73 Å². The average Bonchev–Trinajstić information content (AvgIpc) is 2.31. The van der Waals surface area contributed by atoms with E-state index in [1.54, 1.807) is 36.4 Å². The highest BCUT2D eigenvalue weighted by Gasteiger charge is 2.09. The van der Waals surface area contributed by atoms with Crippen LogP contribution in [-0.2, 0) is 6.42 Å². The van der Waals surface area contributed by atoms with Gasteiger partial charge in [-0.2, -0.15) is 0 Å². The van der Waals surface area contributed by atoms with E-state index in [1.165, 1.54) is 6.07 Å². The zero-order chi connectivity index (χ0) is 12.3. The monoisotopic (exact) mass is 231 g/mol. The first-order valence-corrected chi connectivity index (χ1v) is 5.49. The summed E-state index contributed by atoms with van der Waals surface area (Å²) in [6.07, 6.45) is 0.609. The van der Waals surface area contributed by atoms with Crippen LogP contribution >= 0.6 is 0 Å². The first-order chi connectivity index (χ1) is 8.22. The summed E-state index contributed by atoms with van der Waals surface area (Å²) in [5.74, 6) is -0.0926. The van der Waals surface area contributed by atoms with Gasteiger partial charge >= 0.3 is 0 Å². The highest BCUT2D eigenvalue weighted by atomic mass is 19.1. The van der Waals surface area contributed by atoms with Gasteiger partial charge in [0.25, 0.3) is 0 Å². The third kappa shape index (κ3) is 2.45. The van der Waals surface area contributed by atoms with Crippen LogP contribution in [0.25, 0.3) is 11.1 Å². The number of aromatic hydroxyl groups is 1. The minimum atomic E-state index is -0.267. The van der Waals surface area contributed by atoms with Gasteiger partial charge in [-0.15, -0.1) is 0 Å². The molecule has 0 fully saturated rings. The second-order valence-corrected chi connectivity index (χ2v) is 3.86. The number of phenolic OH excluding ortho intramolecular Hbond substituents is 1. The van der Waals surface area contributed by atoms with Gasteiger partial charge in [0.1, 0.15) is 11.6 Å². The van der Waals surface area contributed by atoms with Crippen LogP contribution in [0.4, 0.5) is 4.39 Å². The van der Waals surface area contributed by atoms with Crippen LogP contribution in [0, 0.1) is 5.82 Å². The molecule has 0 saturated carbocycles. The smallest absolute Gasteiger partial charge is 0.131 e. The molecule has 2 aromatic rings. The molecular weight excluding hydrogens is 217 g/mol. The Labute approximate surface area is 99.5 Å². The molecule has 0 saturated heterocycles. The molecule has 2 rings (SSSR count). The predicted octanol–water partition coefficient (Wildman–Crippen LogP) is 2.70. The number of phenols is 1. The standard InChI is InChI=1S/C14H14FNO/c15-14-4-2-1-3-13(14)12-6-5-11(17)9-10(12)7-8-16/h1-6,9,17H,7-8,16H2. The van der Waals surface area contributed by atoms with E-state index in [-0.39, 0.29) is 11.6 Å². The van der Waals surface area contributed by atoms with E-state index in [9.17, 15) is 9.50 Å². The minimum Gasteiger partial charge on any atom is -0.508 e. The number of hydrogen-bond acceptors (Lipinski definition) is 2. The summed E-state index contributed by atoms with van der Waals surface area (Å²) in [5, 5.41) is 9.45. The second-order valence-electron chi connectivity index (χ2n) is 3.86. The fourth-order valence-corrected chi connectivity index (χ4v) is 1.88. The second kappa shape index (κ2) is 4.97. The van der Waals surface area contributed by atoms with E-state index >= 15 is 0 Å². The molecule has 3 heteroatoms. The summed E-state index contributed by atoms with van der Waals surface area (Å²) in [4.78, 5) is 0. The van der Waals surface area contributed by atoms with Gasteiger partial charge in [-0.1, -0.05) is 24.3 Å². The lowest BCUT2D eigenvalue weighted by Gasteiger charge is -2.10. The van der Waals surface area contributed by atoms with Gasteiger partial charge in [0.05, 0.1) is 0 Å². The van der Waals surface area contributed by atoms with Gasteiger partial charge in [0.15, 0.2) is 0 Å². The Balaban J connectivity index is 2.55. The molecule has 2 nitrogen and oxygen atoms in total. The third-order valence-electron chi connectivity index (χ3n) is 2.67. The molecule has 0 unspecified atom stereocenters. The SMILES string of the molecule is NCCc1cc(O)ccc1-c1ccccc1F. The molecule has 0 spiro atoms. The van der Waals surface area contributed by atoms with E-state index in [4.69, 9.17) is 5.73 Å². The number of rotatable bonds is 3. The molecule has 0 amide bonds. The largest absolute Gasteiger partial charge is 0.508 e. The summed E-state index contributed by atoms with van der Waals surface area (Å²) >= 11 is 0. The molecular formula is C14H14FNO. The number of halogens is 1. The van der Waals surface area contributed by atoms with Gasteiger partial charge in [-0.05, 0) is 42.3 Å². The van der Waals surface area contributed by atoms with Crippen LogP contribution in [0.2, 0.25) is 0 Å². The highest BCUT2D eigenvalue weighted by molar-refractivity contribution is 5.69. The summed E-state index contributed by atoms with van der Waals surface area (Å²) in [6, 6.07) is 11.5. The molecule has 0 aliphatic heterocycles. The normalized spacial score (nSPS) is 10.5. The van der Waals surface area contributed by atoms with Crippen molar-refractivity contribution in [1.82, 2.24) is 0 Å². The maximum absolute atomic E-state index is 13.7. The molecule has 17 heavy (non-hydrogen) atoms. The van der Waals surface area contributed by atoms with Gasteiger partial charge in [-0.25, -0.2) is 4.39 Å². The van der Waals surface area contributed by atoms with E-state index < -0.39 is 0 Å². The molecule has 2 aromatic carbocycles. The number of benzene rings is 2. The van der Waals surface area contributed by atoms with Crippen molar-refractivity contribution in [2.45, 2.75) is 6.42 Å². The van der Waals surface area contributed by atoms with Crippen molar-refractivity contribution in [2.75, 3.05) is 6.54 Å². The summed E-state index contributed by atoms with van der Waals surface area (Å²) in [5.41, 5.74) is 7.70. The van der Waals surface area contributed by atoms with Crippen molar-refractivity contribution in [3.8, 4) is 16.9 Å². The molecule has 0 bridgehead atoms. The maximum atomic E-state index is 13.7. The topological polar surface area (TPSA) is 46.2 Å². The quantitative estimate of drug-likeness (QED) is 0.853. The Bertz CT molecular complexity index is 525. The zero-order valence-electron chi connectivity index (χ0n) is 9.36. The Morgan fingerprint density at radius 3 is 2.53 bits per heavy atom. The van der Waals surface area contributed by atoms with Gasteiger partial charge in [0.2, 0.25) is 0 Å². The molecule has 0 atom stereocenters. The van der Waals surface area contributed by atoms with Gasteiger partial charge in [0, 0.05) is 5.56 Å². The number of nitrogens with two attached hydrogens (primary N) is 1. The minimum absolute atomic E-state index is 0.175. The van der Waals surface area contributed by atoms with Gasteiger partial charge in [-0.3, -0.25) is 0 Å². The Morgan fingerprint density at radius 1 is 1.06 bits per heavy atom. The predicted molar refractivity (Wildman–Crippen MR) is 66.3 cm³/mol. The third-order valence-corrected chi connectivity index (χ3v) is 2.67. The zero-order valence-corrected chi connectivity index (χ0v) is 9.36.